The molecule has 0 amide bonds. The van der Waals surface area contributed by atoms with Gasteiger partial charge in [-0.3, -0.25) is 4.98 Å². The van der Waals surface area contributed by atoms with Crippen molar-refractivity contribution >= 4 is 0 Å². The van der Waals surface area contributed by atoms with Crippen LogP contribution >= 0.6 is 0 Å². The zero-order valence-corrected chi connectivity index (χ0v) is 16.3. The molecule has 4 nitrogen and oxygen atoms in total. The van der Waals surface area contributed by atoms with Crippen LogP contribution in [0.3, 0.4) is 0 Å². The van der Waals surface area contributed by atoms with Crippen LogP contribution in [0.5, 0.6) is 0 Å². The zero-order chi connectivity index (χ0) is 18.3. The largest absolute Gasteiger partial charge is 0.265 e. The lowest BCUT2D eigenvalue weighted by molar-refractivity contribution is 0.560. The van der Waals surface area contributed by atoms with Crippen LogP contribution in [-0.2, 0) is 5.41 Å². The molecule has 0 saturated heterocycles. The van der Waals surface area contributed by atoms with E-state index in [0.29, 0.717) is 5.92 Å². The predicted molar refractivity (Wildman–Crippen MR) is 99.5 cm³/mol. The SMILES string of the molecule is CC.CC.CC(C)(C)c1cnncn1.CC(C)c1ccncc1. The van der Waals surface area contributed by atoms with Crippen LogP contribution in [0.25, 0.3) is 0 Å². The standard InChI is InChI=1S/C8H11N.C7H11N3.2C2H6/c1-7(2)8-3-5-9-6-4-8;1-7(2,3)6-4-9-10-5-8-6;2*1-2/h3-7H,1-2H3;4-5H,1-3H3;2*1-2H3. The Balaban J connectivity index is 0. The molecule has 0 aliphatic heterocycles. The van der Waals surface area contributed by atoms with Gasteiger partial charge in [-0.05, 0) is 23.6 Å². The second-order valence-electron chi connectivity index (χ2n) is 5.68. The molecule has 2 aromatic rings. The highest BCUT2D eigenvalue weighted by molar-refractivity contribution is 5.13. The van der Waals surface area contributed by atoms with E-state index in [9.17, 15) is 0 Å². The molecule has 23 heavy (non-hydrogen) atoms. The highest BCUT2D eigenvalue weighted by Crippen LogP contribution is 2.17. The molecule has 0 N–H and O–H groups in total. The van der Waals surface area contributed by atoms with E-state index in [2.05, 4.69) is 54.8 Å². The summed E-state index contributed by atoms with van der Waals surface area (Å²) in [7, 11) is 0. The van der Waals surface area contributed by atoms with Crippen molar-refractivity contribution in [3.05, 3.63) is 48.3 Å². The summed E-state index contributed by atoms with van der Waals surface area (Å²) in [6.45, 7) is 18.6. The van der Waals surface area contributed by atoms with Gasteiger partial charge in [-0.15, -0.1) is 5.10 Å². The van der Waals surface area contributed by atoms with Gasteiger partial charge in [0.2, 0.25) is 0 Å². The smallest absolute Gasteiger partial charge is 0.138 e. The summed E-state index contributed by atoms with van der Waals surface area (Å²) in [6, 6.07) is 4.09. The summed E-state index contributed by atoms with van der Waals surface area (Å²) in [5, 5.41) is 7.34. The van der Waals surface area contributed by atoms with Crippen molar-refractivity contribution in [3.8, 4) is 0 Å². The minimum absolute atomic E-state index is 0.0793. The number of hydrogen-bond donors (Lipinski definition) is 0. The van der Waals surface area contributed by atoms with Crippen LogP contribution < -0.4 is 0 Å². The lowest BCUT2D eigenvalue weighted by Crippen LogP contribution is -2.13. The van der Waals surface area contributed by atoms with Gasteiger partial charge in [-0.25, -0.2) is 4.98 Å². The molecule has 0 bridgehead atoms. The van der Waals surface area contributed by atoms with Gasteiger partial charge in [0.05, 0.1) is 11.9 Å². The number of hydrogen-bond acceptors (Lipinski definition) is 4. The van der Waals surface area contributed by atoms with Crippen molar-refractivity contribution in [1.82, 2.24) is 20.2 Å². The van der Waals surface area contributed by atoms with Gasteiger partial charge in [-0.2, -0.15) is 5.10 Å². The summed E-state index contributed by atoms with van der Waals surface area (Å²) >= 11 is 0. The maximum absolute atomic E-state index is 4.08. The third kappa shape index (κ3) is 11.4. The molecule has 130 valence electrons. The van der Waals surface area contributed by atoms with E-state index >= 15 is 0 Å². The van der Waals surface area contributed by atoms with E-state index in [1.165, 1.54) is 11.9 Å². The van der Waals surface area contributed by atoms with E-state index in [0.717, 1.165) is 5.69 Å². The molecule has 0 saturated carbocycles. The van der Waals surface area contributed by atoms with E-state index in [1.807, 2.05) is 52.2 Å². The van der Waals surface area contributed by atoms with Crippen LogP contribution in [0.15, 0.2) is 37.1 Å². The summed E-state index contributed by atoms with van der Waals surface area (Å²) < 4.78 is 0. The Bertz CT molecular complexity index is 462. The number of aromatic nitrogens is 4. The zero-order valence-electron chi connectivity index (χ0n) is 16.3. The normalized spacial score (nSPS) is 9.48. The summed E-state index contributed by atoms with van der Waals surface area (Å²) in [5.41, 5.74) is 2.41. The van der Waals surface area contributed by atoms with Crippen molar-refractivity contribution in [3.63, 3.8) is 0 Å². The fraction of sp³-hybridized carbons (Fsp3) is 0.579. The van der Waals surface area contributed by atoms with Crippen molar-refractivity contribution in [2.75, 3.05) is 0 Å². The summed E-state index contributed by atoms with van der Waals surface area (Å²) in [5.74, 6) is 0.619. The van der Waals surface area contributed by atoms with Gasteiger partial charge in [-0.1, -0.05) is 62.3 Å². The van der Waals surface area contributed by atoms with Crippen LogP contribution in [0.1, 0.15) is 79.5 Å². The molecule has 0 radical (unpaired) electrons. The lowest BCUT2D eigenvalue weighted by atomic mass is 9.93. The van der Waals surface area contributed by atoms with Crippen molar-refractivity contribution < 1.29 is 0 Å². The molecule has 2 rings (SSSR count). The van der Waals surface area contributed by atoms with Gasteiger partial charge in [0.15, 0.2) is 0 Å². The van der Waals surface area contributed by atoms with Crippen LogP contribution in [0, 0.1) is 0 Å². The summed E-state index contributed by atoms with van der Waals surface area (Å²) in [4.78, 5) is 8.00. The molecular weight excluding hydrogens is 284 g/mol. The van der Waals surface area contributed by atoms with Crippen LogP contribution in [0.2, 0.25) is 0 Å². The third-order valence-corrected chi connectivity index (χ3v) is 2.64. The molecular formula is C19H34N4. The Kier molecular flexibility index (Phi) is 14.1. The average molecular weight is 319 g/mol. The second-order valence-corrected chi connectivity index (χ2v) is 5.68. The quantitative estimate of drug-likeness (QED) is 0.704. The molecule has 0 aliphatic carbocycles. The van der Waals surface area contributed by atoms with Gasteiger partial charge in [0, 0.05) is 17.8 Å². The second kappa shape index (κ2) is 13.8. The Hall–Kier alpha value is -1.84. The Morgan fingerprint density at radius 2 is 1.39 bits per heavy atom. The monoisotopic (exact) mass is 318 g/mol. The maximum atomic E-state index is 4.08. The molecule has 0 atom stereocenters. The third-order valence-electron chi connectivity index (χ3n) is 2.64. The topological polar surface area (TPSA) is 51.6 Å². The van der Waals surface area contributed by atoms with Crippen molar-refractivity contribution in [2.45, 2.75) is 73.6 Å². The Morgan fingerprint density at radius 3 is 1.65 bits per heavy atom. The molecule has 0 fully saturated rings. The predicted octanol–water partition coefficient (Wildman–Crippen LogP) is 5.43. The van der Waals surface area contributed by atoms with E-state index in [1.54, 1.807) is 6.20 Å². The molecule has 2 aromatic heterocycles. The van der Waals surface area contributed by atoms with Gasteiger partial charge in [0.1, 0.15) is 6.33 Å². The minimum Gasteiger partial charge on any atom is -0.265 e. The van der Waals surface area contributed by atoms with Crippen molar-refractivity contribution in [1.29, 1.82) is 0 Å². The van der Waals surface area contributed by atoms with Gasteiger partial charge >= 0.3 is 0 Å². The Labute approximate surface area is 142 Å². The van der Waals surface area contributed by atoms with E-state index in [-0.39, 0.29) is 5.41 Å². The lowest BCUT2D eigenvalue weighted by Gasteiger charge is -2.15. The average Bonchev–Trinajstić information content (AvgIpc) is 2.60. The minimum atomic E-state index is 0.0793. The molecule has 2 heterocycles. The fourth-order valence-corrected chi connectivity index (χ4v) is 1.37. The number of rotatable bonds is 1. The molecule has 0 unspecified atom stereocenters. The first-order chi connectivity index (χ1) is 10.9. The van der Waals surface area contributed by atoms with E-state index in [4.69, 9.17) is 0 Å². The molecule has 4 heteroatoms. The van der Waals surface area contributed by atoms with Crippen molar-refractivity contribution in [2.24, 2.45) is 0 Å². The maximum Gasteiger partial charge on any atom is 0.138 e. The number of pyridine rings is 1. The van der Waals surface area contributed by atoms with Crippen LogP contribution in [-0.4, -0.2) is 20.2 Å². The molecule has 0 aromatic carbocycles. The summed E-state index contributed by atoms with van der Waals surface area (Å²) in [6.07, 6.45) is 6.82. The first kappa shape index (κ1) is 23.4. The highest BCUT2D eigenvalue weighted by Gasteiger charge is 2.14. The van der Waals surface area contributed by atoms with Crippen LogP contribution in [0.4, 0.5) is 0 Å². The fourth-order valence-electron chi connectivity index (χ4n) is 1.37. The van der Waals surface area contributed by atoms with E-state index < -0.39 is 0 Å². The van der Waals surface area contributed by atoms with Gasteiger partial charge < -0.3 is 0 Å². The van der Waals surface area contributed by atoms with Gasteiger partial charge in [0.25, 0.3) is 0 Å². The Morgan fingerprint density at radius 1 is 0.870 bits per heavy atom. The molecule has 0 spiro atoms. The highest BCUT2D eigenvalue weighted by atomic mass is 15.1. The first-order valence-corrected chi connectivity index (χ1v) is 8.44. The number of nitrogens with zero attached hydrogens (tertiary/aromatic N) is 4. The molecule has 0 aliphatic rings. The first-order valence-electron chi connectivity index (χ1n) is 8.44.